The SMILES string of the molecule is CCCC(C)(N)C(=O)NC1CCC(OC)C1.Cl. The van der Waals surface area contributed by atoms with Crippen molar-refractivity contribution in [1.82, 2.24) is 5.32 Å². The van der Waals surface area contributed by atoms with Crippen LogP contribution in [0.4, 0.5) is 0 Å². The van der Waals surface area contributed by atoms with Crippen molar-refractivity contribution in [3.8, 4) is 0 Å². The Morgan fingerprint density at radius 2 is 2.18 bits per heavy atom. The van der Waals surface area contributed by atoms with Gasteiger partial charge in [-0.2, -0.15) is 0 Å². The highest BCUT2D eigenvalue weighted by Crippen LogP contribution is 2.22. The third-order valence-electron chi connectivity index (χ3n) is 3.34. The topological polar surface area (TPSA) is 64.4 Å². The molecule has 3 N–H and O–H groups in total. The van der Waals surface area contributed by atoms with Gasteiger partial charge in [-0.25, -0.2) is 0 Å². The normalized spacial score (nSPS) is 27.1. The number of carbonyl (C=O) groups excluding carboxylic acids is 1. The first-order valence-electron chi connectivity index (χ1n) is 6.12. The first kappa shape index (κ1) is 16.7. The number of amides is 1. The highest BCUT2D eigenvalue weighted by molar-refractivity contribution is 5.86. The Morgan fingerprint density at radius 3 is 2.65 bits per heavy atom. The molecular weight excluding hydrogens is 240 g/mol. The molecule has 17 heavy (non-hydrogen) atoms. The van der Waals surface area contributed by atoms with Crippen LogP contribution in [0.5, 0.6) is 0 Å². The summed E-state index contributed by atoms with van der Waals surface area (Å²) in [4.78, 5) is 11.9. The first-order chi connectivity index (χ1) is 7.49. The van der Waals surface area contributed by atoms with E-state index < -0.39 is 5.54 Å². The maximum absolute atomic E-state index is 11.9. The summed E-state index contributed by atoms with van der Waals surface area (Å²) in [5.74, 6) is -0.0314. The Hall–Kier alpha value is -0.320. The molecule has 1 aliphatic carbocycles. The van der Waals surface area contributed by atoms with Gasteiger partial charge in [-0.15, -0.1) is 12.4 Å². The van der Waals surface area contributed by atoms with Gasteiger partial charge in [-0.05, 0) is 32.6 Å². The molecule has 3 atom stereocenters. The molecule has 0 heterocycles. The zero-order chi connectivity index (χ0) is 12.2. The van der Waals surface area contributed by atoms with E-state index in [0.717, 1.165) is 32.1 Å². The summed E-state index contributed by atoms with van der Waals surface area (Å²) in [6, 6.07) is 0.234. The van der Waals surface area contributed by atoms with Gasteiger partial charge in [0.25, 0.3) is 0 Å². The molecule has 0 aromatic rings. The van der Waals surface area contributed by atoms with Crippen LogP contribution in [0.1, 0.15) is 46.0 Å². The lowest BCUT2D eigenvalue weighted by Crippen LogP contribution is -2.53. The predicted molar refractivity (Wildman–Crippen MR) is 71.3 cm³/mol. The Bertz CT molecular complexity index is 247. The number of methoxy groups -OCH3 is 1. The van der Waals surface area contributed by atoms with Gasteiger partial charge in [0.1, 0.15) is 0 Å². The second-order valence-corrected chi connectivity index (χ2v) is 5.01. The molecular formula is C12H25ClN2O2. The lowest BCUT2D eigenvalue weighted by molar-refractivity contribution is -0.126. The summed E-state index contributed by atoms with van der Waals surface area (Å²) in [5, 5.41) is 3.02. The largest absolute Gasteiger partial charge is 0.381 e. The Kier molecular flexibility index (Phi) is 7.05. The van der Waals surface area contributed by atoms with Gasteiger partial charge in [0.05, 0.1) is 11.6 Å². The summed E-state index contributed by atoms with van der Waals surface area (Å²) in [6.45, 7) is 3.84. The zero-order valence-corrected chi connectivity index (χ0v) is 11.8. The summed E-state index contributed by atoms with van der Waals surface area (Å²) in [6.07, 6.45) is 4.86. The second-order valence-electron chi connectivity index (χ2n) is 5.01. The summed E-state index contributed by atoms with van der Waals surface area (Å²) >= 11 is 0. The molecule has 0 aliphatic heterocycles. The molecule has 1 aliphatic rings. The van der Waals surface area contributed by atoms with Crippen molar-refractivity contribution >= 4 is 18.3 Å². The van der Waals surface area contributed by atoms with Crippen molar-refractivity contribution < 1.29 is 9.53 Å². The van der Waals surface area contributed by atoms with Crippen LogP contribution in [-0.4, -0.2) is 30.7 Å². The maximum Gasteiger partial charge on any atom is 0.240 e. The molecule has 0 aromatic carbocycles. The minimum Gasteiger partial charge on any atom is -0.381 e. The van der Waals surface area contributed by atoms with Crippen LogP contribution in [0.2, 0.25) is 0 Å². The third kappa shape index (κ3) is 4.82. The molecule has 0 aromatic heterocycles. The monoisotopic (exact) mass is 264 g/mol. The fraction of sp³-hybridized carbons (Fsp3) is 0.917. The van der Waals surface area contributed by atoms with Crippen LogP contribution in [0, 0.1) is 0 Å². The molecule has 3 unspecified atom stereocenters. The Labute approximate surface area is 110 Å². The average Bonchev–Trinajstić information content (AvgIpc) is 2.65. The van der Waals surface area contributed by atoms with Gasteiger partial charge < -0.3 is 15.8 Å². The van der Waals surface area contributed by atoms with Crippen molar-refractivity contribution in [2.24, 2.45) is 5.73 Å². The number of hydrogen-bond acceptors (Lipinski definition) is 3. The highest BCUT2D eigenvalue weighted by atomic mass is 35.5. The van der Waals surface area contributed by atoms with Crippen LogP contribution in [0.25, 0.3) is 0 Å². The molecule has 1 saturated carbocycles. The number of carbonyl (C=O) groups is 1. The van der Waals surface area contributed by atoms with Crippen LogP contribution in [0.3, 0.4) is 0 Å². The smallest absolute Gasteiger partial charge is 0.240 e. The van der Waals surface area contributed by atoms with Gasteiger partial charge in [-0.1, -0.05) is 13.3 Å². The zero-order valence-electron chi connectivity index (χ0n) is 11.0. The summed E-state index contributed by atoms with van der Waals surface area (Å²) < 4.78 is 5.27. The fourth-order valence-corrected chi connectivity index (χ4v) is 2.27. The van der Waals surface area contributed by atoms with Crippen molar-refractivity contribution in [1.29, 1.82) is 0 Å². The minimum absolute atomic E-state index is 0. The molecule has 0 saturated heterocycles. The molecule has 1 rings (SSSR count). The molecule has 102 valence electrons. The molecule has 1 fully saturated rings. The van der Waals surface area contributed by atoms with Crippen LogP contribution < -0.4 is 11.1 Å². The summed E-state index contributed by atoms with van der Waals surface area (Å²) in [5.41, 5.74) is 5.24. The van der Waals surface area contributed by atoms with Crippen molar-refractivity contribution in [3.63, 3.8) is 0 Å². The number of nitrogens with two attached hydrogens (primary N) is 1. The van der Waals surface area contributed by atoms with Gasteiger partial charge in [0, 0.05) is 13.2 Å². The van der Waals surface area contributed by atoms with Crippen molar-refractivity contribution in [3.05, 3.63) is 0 Å². The minimum atomic E-state index is -0.736. The molecule has 0 radical (unpaired) electrons. The van der Waals surface area contributed by atoms with Gasteiger partial charge in [-0.3, -0.25) is 4.79 Å². The number of nitrogens with one attached hydrogen (secondary N) is 1. The lowest BCUT2D eigenvalue weighted by Gasteiger charge is -2.25. The van der Waals surface area contributed by atoms with E-state index in [0.29, 0.717) is 6.10 Å². The number of rotatable bonds is 5. The van der Waals surface area contributed by atoms with E-state index in [2.05, 4.69) is 5.32 Å². The van der Waals surface area contributed by atoms with Crippen molar-refractivity contribution in [2.45, 2.75) is 63.6 Å². The predicted octanol–water partition coefficient (Wildman–Crippen LogP) is 1.61. The van der Waals surface area contributed by atoms with Crippen LogP contribution in [0.15, 0.2) is 0 Å². The van der Waals surface area contributed by atoms with E-state index in [1.54, 1.807) is 14.0 Å². The molecule has 4 nitrogen and oxygen atoms in total. The van der Waals surface area contributed by atoms with Gasteiger partial charge in [0.15, 0.2) is 0 Å². The van der Waals surface area contributed by atoms with E-state index in [1.165, 1.54) is 0 Å². The first-order valence-corrected chi connectivity index (χ1v) is 6.12. The molecule has 0 bridgehead atoms. The van der Waals surface area contributed by atoms with E-state index in [4.69, 9.17) is 10.5 Å². The fourth-order valence-electron chi connectivity index (χ4n) is 2.27. The maximum atomic E-state index is 11.9. The molecule has 1 amide bonds. The van der Waals surface area contributed by atoms with Crippen LogP contribution in [-0.2, 0) is 9.53 Å². The highest BCUT2D eigenvalue weighted by Gasteiger charge is 2.32. The van der Waals surface area contributed by atoms with E-state index in [-0.39, 0.29) is 24.4 Å². The molecule has 5 heteroatoms. The molecule has 0 spiro atoms. The quantitative estimate of drug-likeness (QED) is 0.793. The Balaban J connectivity index is 0.00000256. The number of halogens is 1. The van der Waals surface area contributed by atoms with E-state index >= 15 is 0 Å². The average molecular weight is 265 g/mol. The summed E-state index contributed by atoms with van der Waals surface area (Å²) in [7, 11) is 1.72. The van der Waals surface area contributed by atoms with E-state index in [9.17, 15) is 4.79 Å². The van der Waals surface area contributed by atoms with E-state index in [1.807, 2.05) is 6.92 Å². The third-order valence-corrected chi connectivity index (χ3v) is 3.34. The van der Waals surface area contributed by atoms with Gasteiger partial charge >= 0.3 is 0 Å². The Morgan fingerprint density at radius 1 is 1.53 bits per heavy atom. The standard InChI is InChI=1S/C12H24N2O2.ClH/c1-4-7-12(2,13)11(15)14-9-5-6-10(8-9)16-3;/h9-10H,4-8,13H2,1-3H3,(H,14,15);1H. The second kappa shape index (κ2) is 7.19. The number of ether oxygens (including phenoxy) is 1. The van der Waals surface area contributed by atoms with Gasteiger partial charge in [0.2, 0.25) is 5.91 Å². The van der Waals surface area contributed by atoms with Crippen LogP contribution >= 0.6 is 12.4 Å². The number of hydrogen-bond donors (Lipinski definition) is 2. The lowest BCUT2D eigenvalue weighted by atomic mass is 9.96. The van der Waals surface area contributed by atoms with Crippen molar-refractivity contribution in [2.75, 3.05) is 7.11 Å².